The molecule has 0 amide bonds. The zero-order chi connectivity index (χ0) is 15.5. The van der Waals surface area contributed by atoms with Crippen molar-refractivity contribution in [3.05, 3.63) is 35.2 Å². The van der Waals surface area contributed by atoms with Crippen LogP contribution in [0.1, 0.15) is 18.1 Å². The van der Waals surface area contributed by atoms with E-state index in [0.717, 1.165) is 5.56 Å². The molecule has 2 aromatic rings. The van der Waals surface area contributed by atoms with Gasteiger partial charge >= 0.3 is 0 Å². The molecule has 0 N–H and O–H groups in total. The molecule has 0 unspecified atom stereocenters. The van der Waals surface area contributed by atoms with E-state index < -0.39 is 9.84 Å². The molecule has 0 spiro atoms. The minimum absolute atomic E-state index is 0.0628. The molecule has 0 saturated carbocycles. The van der Waals surface area contributed by atoms with Gasteiger partial charge in [-0.3, -0.25) is 0 Å². The molecule has 0 saturated heterocycles. The number of aromatic nitrogens is 2. The SMILES string of the molecule is C[C@@H](SCCS(C)(=O)=O)c1nnc(-c2cccc(Cl)c2)o1. The molecule has 0 aliphatic heterocycles. The fourth-order valence-corrected chi connectivity index (χ4v) is 3.96. The standard InChI is InChI=1S/C13H15ClN2O3S2/c1-9(20-6-7-21(2,17)18)12-15-16-13(19-12)10-4-3-5-11(14)8-10/h3-5,8-9H,6-7H2,1-2H3/t9-/m1/s1. The second-order valence-electron chi connectivity index (χ2n) is 4.60. The predicted octanol–water partition coefficient (Wildman–Crippen LogP) is 3.23. The molecule has 0 aliphatic carbocycles. The molecule has 8 heteroatoms. The Morgan fingerprint density at radius 2 is 2.14 bits per heavy atom. The Balaban J connectivity index is 2.02. The van der Waals surface area contributed by atoms with E-state index in [0.29, 0.717) is 22.6 Å². The molecule has 21 heavy (non-hydrogen) atoms. The van der Waals surface area contributed by atoms with Crippen LogP contribution in [0.3, 0.4) is 0 Å². The van der Waals surface area contributed by atoms with Crippen LogP contribution in [0.4, 0.5) is 0 Å². The number of rotatable bonds is 6. The monoisotopic (exact) mass is 346 g/mol. The van der Waals surface area contributed by atoms with Crippen molar-refractivity contribution < 1.29 is 12.8 Å². The van der Waals surface area contributed by atoms with Gasteiger partial charge in [0.1, 0.15) is 9.84 Å². The topological polar surface area (TPSA) is 73.1 Å². The molecule has 0 fully saturated rings. The number of halogens is 1. The average molecular weight is 347 g/mol. The summed E-state index contributed by atoms with van der Waals surface area (Å²) in [5.74, 6) is 1.51. The zero-order valence-corrected chi connectivity index (χ0v) is 14.0. The van der Waals surface area contributed by atoms with Crippen LogP contribution in [-0.4, -0.2) is 36.4 Å². The average Bonchev–Trinajstić information content (AvgIpc) is 2.86. The van der Waals surface area contributed by atoms with Gasteiger partial charge in [-0.05, 0) is 25.1 Å². The number of thioether (sulfide) groups is 1. The number of benzene rings is 1. The summed E-state index contributed by atoms with van der Waals surface area (Å²) < 4.78 is 27.8. The summed E-state index contributed by atoms with van der Waals surface area (Å²) in [4.78, 5) is 0. The van der Waals surface area contributed by atoms with Crippen LogP contribution in [0.15, 0.2) is 28.7 Å². The van der Waals surface area contributed by atoms with E-state index in [1.165, 1.54) is 18.0 Å². The van der Waals surface area contributed by atoms with Crippen molar-refractivity contribution in [2.45, 2.75) is 12.2 Å². The molecule has 2 rings (SSSR count). The van der Waals surface area contributed by atoms with Gasteiger partial charge in [-0.15, -0.1) is 22.0 Å². The van der Waals surface area contributed by atoms with E-state index in [1.807, 2.05) is 19.1 Å². The summed E-state index contributed by atoms with van der Waals surface area (Å²) in [6.45, 7) is 1.90. The molecule has 0 aliphatic rings. The normalized spacial score (nSPS) is 13.3. The molecule has 0 bridgehead atoms. The summed E-state index contributed by atoms with van der Waals surface area (Å²) in [7, 11) is -2.95. The zero-order valence-electron chi connectivity index (χ0n) is 11.6. The van der Waals surface area contributed by atoms with Gasteiger partial charge in [0.25, 0.3) is 0 Å². The van der Waals surface area contributed by atoms with Crippen molar-refractivity contribution in [2.24, 2.45) is 0 Å². The largest absolute Gasteiger partial charge is 0.420 e. The number of nitrogens with zero attached hydrogens (tertiary/aromatic N) is 2. The lowest BCUT2D eigenvalue weighted by Gasteiger charge is -2.05. The van der Waals surface area contributed by atoms with Crippen LogP contribution in [0.25, 0.3) is 11.5 Å². The highest BCUT2D eigenvalue weighted by Gasteiger charge is 2.16. The quantitative estimate of drug-likeness (QED) is 0.799. The van der Waals surface area contributed by atoms with Crippen molar-refractivity contribution in [3.8, 4) is 11.5 Å². The first-order valence-electron chi connectivity index (χ1n) is 6.24. The third-order valence-electron chi connectivity index (χ3n) is 2.68. The number of sulfone groups is 1. The van der Waals surface area contributed by atoms with Gasteiger partial charge < -0.3 is 4.42 Å². The third-order valence-corrected chi connectivity index (χ3v) is 5.26. The van der Waals surface area contributed by atoms with E-state index >= 15 is 0 Å². The summed E-state index contributed by atoms with van der Waals surface area (Å²) in [5, 5.41) is 8.54. The van der Waals surface area contributed by atoms with E-state index in [2.05, 4.69) is 10.2 Å². The summed E-state index contributed by atoms with van der Waals surface area (Å²) in [6.07, 6.45) is 1.22. The van der Waals surface area contributed by atoms with Crippen molar-refractivity contribution in [1.82, 2.24) is 10.2 Å². The first-order chi connectivity index (χ1) is 9.85. The minimum Gasteiger partial charge on any atom is -0.420 e. The Morgan fingerprint density at radius 3 is 2.81 bits per heavy atom. The summed E-state index contributed by atoms with van der Waals surface area (Å²) in [6, 6.07) is 7.17. The fourth-order valence-electron chi connectivity index (χ4n) is 1.58. The predicted molar refractivity (Wildman–Crippen MR) is 85.3 cm³/mol. The second-order valence-corrected chi connectivity index (χ2v) is 8.74. The lowest BCUT2D eigenvalue weighted by molar-refractivity contribution is 0.509. The molecule has 5 nitrogen and oxygen atoms in total. The first-order valence-corrected chi connectivity index (χ1v) is 9.72. The Labute approximate surface area is 133 Å². The highest BCUT2D eigenvalue weighted by atomic mass is 35.5. The van der Waals surface area contributed by atoms with Gasteiger partial charge in [0.15, 0.2) is 0 Å². The molecular weight excluding hydrogens is 332 g/mol. The van der Waals surface area contributed by atoms with Crippen LogP contribution < -0.4 is 0 Å². The molecule has 114 valence electrons. The summed E-state index contributed by atoms with van der Waals surface area (Å²) in [5.41, 5.74) is 0.759. The Hall–Kier alpha value is -1.05. The van der Waals surface area contributed by atoms with Gasteiger partial charge in [-0.2, -0.15) is 0 Å². The van der Waals surface area contributed by atoms with Crippen LogP contribution >= 0.6 is 23.4 Å². The van der Waals surface area contributed by atoms with Gasteiger partial charge in [0.05, 0.1) is 11.0 Å². The lowest BCUT2D eigenvalue weighted by Crippen LogP contribution is -2.06. The van der Waals surface area contributed by atoms with Gasteiger partial charge in [0, 0.05) is 22.6 Å². The lowest BCUT2D eigenvalue weighted by atomic mass is 10.2. The smallest absolute Gasteiger partial charge is 0.247 e. The van der Waals surface area contributed by atoms with E-state index in [1.54, 1.807) is 12.1 Å². The minimum atomic E-state index is -2.95. The fraction of sp³-hybridized carbons (Fsp3) is 0.385. The van der Waals surface area contributed by atoms with Crippen molar-refractivity contribution in [1.29, 1.82) is 0 Å². The van der Waals surface area contributed by atoms with Crippen molar-refractivity contribution in [2.75, 3.05) is 17.8 Å². The first kappa shape index (κ1) is 16.3. The van der Waals surface area contributed by atoms with Gasteiger partial charge in [-0.25, -0.2) is 8.42 Å². The van der Waals surface area contributed by atoms with E-state index in [-0.39, 0.29) is 11.0 Å². The van der Waals surface area contributed by atoms with Gasteiger partial charge in [-0.1, -0.05) is 17.7 Å². The third kappa shape index (κ3) is 5.01. The maximum atomic E-state index is 11.1. The Kier molecular flexibility index (Phi) is 5.29. The van der Waals surface area contributed by atoms with Crippen molar-refractivity contribution >= 4 is 33.2 Å². The van der Waals surface area contributed by atoms with E-state index in [9.17, 15) is 8.42 Å². The molecule has 1 aromatic carbocycles. The van der Waals surface area contributed by atoms with Crippen LogP contribution in [0.2, 0.25) is 5.02 Å². The molecule has 1 heterocycles. The Morgan fingerprint density at radius 1 is 1.38 bits per heavy atom. The maximum Gasteiger partial charge on any atom is 0.247 e. The highest BCUT2D eigenvalue weighted by molar-refractivity contribution is 8.00. The Bertz CT molecular complexity index is 716. The van der Waals surface area contributed by atoms with E-state index in [4.69, 9.17) is 16.0 Å². The molecule has 1 aromatic heterocycles. The second kappa shape index (κ2) is 6.81. The van der Waals surface area contributed by atoms with Crippen LogP contribution in [0.5, 0.6) is 0 Å². The van der Waals surface area contributed by atoms with Crippen molar-refractivity contribution in [3.63, 3.8) is 0 Å². The number of hydrogen-bond donors (Lipinski definition) is 0. The summed E-state index contributed by atoms with van der Waals surface area (Å²) >= 11 is 7.39. The van der Waals surface area contributed by atoms with Crippen LogP contribution in [0, 0.1) is 0 Å². The highest BCUT2D eigenvalue weighted by Crippen LogP contribution is 2.30. The van der Waals surface area contributed by atoms with Crippen LogP contribution in [-0.2, 0) is 9.84 Å². The number of hydrogen-bond acceptors (Lipinski definition) is 6. The maximum absolute atomic E-state index is 11.1. The molecule has 1 atom stereocenters. The molecule has 0 radical (unpaired) electrons. The molecular formula is C13H15ClN2O3S2. The van der Waals surface area contributed by atoms with Gasteiger partial charge in [0.2, 0.25) is 11.8 Å².